The van der Waals surface area contributed by atoms with E-state index in [0.717, 1.165) is 11.3 Å². The Hall–Kier alpha value is -3.40. The molecular formula is C16H14N6O. The zero-order valence-electron chi connectivity index (χ0n) is 12.4. The van der Waals surface area contributed by atoms with Crippen molar-refractivity contribution >= 4 is 11.8 Å². The Morgan fingerprint density at radius 1 is 1.35 bits per heavy atom. The zero-order chi connectivity index (χ0) is 16.2. The third kappa shape index (κ3) is 3.11. The van der Waals surface area contributed by atoms with Crippen molar-refractivity contribution in [1.29, 1.82) is 5.26 Å². The van der Waals surface area contributed by atoms with Gasteiger partial charge < -0.3 is 15.5 Å². The molecule has 0 unspecified atom stereocenters. The van der Waals surface area contributed by atoms with Crippen LogP contribution in [0.1, 0.15) is 16.8 Å². The molecule has 0 spiro atoms. The van der Waals surface area contributed by atoms with Crippen molar-refractivity contribution < 1.29 is 4.42 Å². The van der Waals surface area contributed by atoms with Crippen LogP contribution in [-0.2, 0) is 6.54 Å². The van der Waals surface area contributed by atoms with Gasteiger partial charge in [-0.15, -0.1) is 0 Å². The molecule has 3 rings (SSSR count). The number of nitrogen functional groups attached to an aromatic ring is 1. The van der Waals surface area contributed by atoms with Crippen molar-refractivity contribution in [3.05, 3.63) is 53.5 Å². The highest BCUT2D eigenvalue weighted by Gasteiger charge is 2.17. The fraction of sp³-hybridized carbons (Fsp3) is 0.125. The van der Waals surface area contributed by atoms with Gasteiger partial charge in [-0.3, -0.25) is 4.98 Å². The minimum Gasteiger partial charge on any atom is -0.463 e. The van der Waals surface area contributed by atoms with Crippen molar-refractivity contribution in [3.63, 3.8) is 0 Å². The first kappa shape index (κ1) is 14.5. The third-order valence-corrected chi connectivity index (χ3v) is 3.20. The van der Waals surface area contributed by atoms with E-state index in [4.69, 9.17) is 10.2 Å². The summed E-state index contributed by atoms with van der Waals surface area (Å²) < 4.78 is 5.31. The Balaban J connectivity index is 1.94. The zero-order valence-corrected chi connectivity index (χ0v) is 12.4. The number of furan rings is 1. The molecule has 0 fully saturated rings. The molecule has 3 aromatic heterocycles. The Morgan fingerprint density at radius 3 is 2.91 bits per heavy atom. The van der Waals surface area contributed by atoms with E-state index < -0.39 is 0 Å². The predicted octanol–water partition coefficient (Wildman–Crippen LogP) is 2.51. The van der Waals surface area contributed by atoms with E-state index in [9.17, 15) is 5.26 Å². The van der Waals surface area contributed by atoms with Gasteiger partial charge in [-0.25, -0.2) is 4.98 Å². The Kier molecular flexibility index (Phi) is 3.89. The number of nitrogens with zero attached hydrogens (tertiary/aromatic N) is 4. The number of hydrogen-bond donors (Lipinski definition) is 2. The second-order valence-corrected chi connectivity index (χ2v) is 4.92. The first-order chi connectivity index (χ1) is 11.2. The van der Waals surface area contributed by atoms with Crippen LogP contribution >= 0.6 is 0 Å². The highest BCUT2D eigenvalue weighted by molar-refractivity contribution is 5.71. The van der Waals surface area contributed by atoms with Crippen LogP contribution in [-0.4, -0.2) is 15.0 Å². The average molecular weight is 306 g/mol. The highest BCUT2D eigenvalue weighted by atomic mass is 16.3. The molecule has 0 bridgehead atoms. The van der Waals surface area contributed by atoms with Gasteiger partial charge in [0.1, 0.15) is 17.3 Å². The summed E-state index contributed by atoms with van der Waals surface area (Å²) in [5.74, 6) is 0.886. The van der Waals surface area contributed by atoms with E-state index in [1.165, 1.54) is 6.26 Å². The van der Waals surface area contributed by atoms with Crippen LogP contribution < -0.4 is 11.1 Å². The fourth-order valence-electron chi connectivity index (χ4n) is 2.17. The fourth-order valence-corrected chi connectivity index (χ4v) is 2.17. The molecule has 0 aliphatic rings. The predicted molar refractivity (Wildman–Crippen MR) is 85.2 cm³/mol. The van der Waals surface area contributed by atoms with Crippen molar-refractivity contribution in [2.75, 3.05) is 11.1 Å². The topological polar surface area (TPSA) is 114 Å². The van der Waals surface area contributed by atoms with Crippen LogP contribution in [0.15, 0.2) is 41.1 Å². The molecule has 114 valence electrons. The lowest BCUT2D eigenvalue weighted by molar-refractivity contribution is 0.580. The monoisotopic (exact) mass is 306 g/mol. The molecule has 0 aromatic carbocycles. The van der Waals surface area contributed by atoms with Crippen LogP contribution in [0.25, 0.3) is 11.5 Å². The van der Waals surface area contributed by atoms with Gasteiger partial charge in [-0.2, -0.15) is 10.2 Å². The maximum absolute atomic E-state index is 9.46. The minimum absolute atomic E-state index is 0.0649. The summed E-state index contributed by atoms with van der Waals surface area (Å²) >= 11 is 0. The molecule has 3 heterocycles. The Morgan fingerprint density at radius 2 is 2.22 bits per heavy atom. The first-order valence-corrected chi connectivity index (χ1v) is 6.94. The molecule has 0 radical (unpaired) electrons. The van der Waals surface area contributed by atoms with E-state index in [1.54, 1.807) is 18.3 Å². The van der Waals surface area contributed by atoms with E-state index >= 15 is 0 Å². The highest BCUT2D eigenvalue weighted by Crippen LogP contribution is 2.27. The number of aryl methyl sites for hydroxylation is 1. The standard InChI is InChI=1S/C16H14N6O/c1-10-4-5-19-11(7-10)9-20-15-12(8-17)14(21-16(18)22-15)13-3-2-6-23-13/h2-7H,9H2,1H3,(H3,18,20,21,22). The second kappa shape index (κ2) is 6.15. The van der Waals surface area contributed by atoms with Crippen LogP contribution in [0.4, 0.5) is 11.8 Å². The van der Waals surface area contributed by atoms with Gasteiger partial charge in [0.25, 0.3) is 0 Å². The van der Waals surface area contributed by atoms with Gasteiger partial charge >= 0.3 is 0 Å². The summed E-state index contributed by atoms with van der Waals surface area (Å²) in [6.45, 7) is 2.41. The normalized spacial score (nSPS) is 10.3. The third-order valence-electron chi connectivity index (χ3n) is 3.20. The molecule has 0 aliphatic heterocycles. The molecule has 7 heteroatoms. The second-order valence-electron chi connectivity index (χ2n) is 4.92. The van der Waals surface area contributed by atoms with Crippen LogP contribution in [0.2, 0.25) is 0 Å². The van der Waals surface area contributed by atoms with E-state index in [-0.39, 0.29) is 11.5 Å². The number of nitrogens with two attached hydrogens (primary N) is 1. The summed E-state index contributed by atoms with van der Waals surface area (Å²) in [5.41, 5.74) is 8.34. The van der Waals surface area contributed by atoms with Crippen molar-refractivity contribution in [1.82, 2.24) is 15.0 Å². The molecule has 0 amide bonds. The summed E-state index contributed by atoms with van der Waals surface area (Å²) in [4.78, 5) is 12.5. The molecule has 3 aromatic rings. The maximum Gasteiger partial charge on any atom is 0.222 e. The Labute approximate surface area is 132 Å². The number of pyridine rings is 1. The van der Waals surface area contributed by atoms with Gasteiger partial charge in [0.2, 0.25) is 5.95 Å². The molecule has 3 N–H and O–H groups in total. The average Bonchev–Trinajstić information content (AvgIpc) is 3.06. The minimum atomic E-state index is 0.0649. The number of anilines is 2. The molecule has 0 saturated carbocycles. The molecule has 0 atom stereocenters. The van der Waals surface area contributed by atoms with Gasteiger partial charge in [-0.1, -0.05) is 0 Å². The Bertz CT molecular complexity index is 867. The number of nitriles is 1. The lowest BCUT2D eigenvalue weighted by Gasteiger charge is -2.10. The summed E-state index contributed by atoms with van der Waals surface area (Å²) in [6, 6.07) is 9.42. The van der Waals surface area contributed by atoms with E-state index in [1.807, 2.05) is 19.1 Å². The van der Waals surface area contributed by atoms with E-state index in [0.29, 0.717) is 23.8 Å². The van der Waals surface area contributed by atoms with Gasteiger partial charge in [0.15, 0.2) is 11.6 Å². The lowest BCUT2D eigenvalue weighted by Crippen LogP contribution is -2.09. The van der Waals surface area contributed by atoms with Gasteiger partial charge in [-0.05, 0) is 36.8 Å². The number of hydrogen-bond acceptors (Lipinski definition) is 7. The smallest absolute Gasteiger partial charge is 0.222 e. The summed E-state index contributed by atoms with van der Waals surface area (Å²) in [7, 11) is 0. The number of rotatable bonds is 4. The number of aromatic nitrogens is 3. The quantitative estimate of drug-likeness (QED) is 0.761. The summed E-state index contributed by atoms with van der Waals surface area (Å²) in [6.07, 6.45) is 3.25. The van der Waals surface area contributed by atoms with Crippen LogP contribution in [0.3, 0.4) is 0 Å². The lowest BCUT2D eigenvalue weighted by atomic mass is 10.2. The van der Waals surface area contributed by atoms with Crippen molar-refractivity contribution in [2.24, 2.45) is 0 Å². The van der Waals surface area contributed by atoms with Crippen LogP contribution in [0, 0.1) is 18.3 Å². The van der Waals surface area contributed by atoms with E-state index in [2.05, 4.69) is 26.3 Å². The SMILES string of the molecule is Cc1ccnc(CNc2nc(N)nc(-c3ccco3)c2C#N)c1. The largest absolute Gasteiger partial charge is 0.463 e. The first-order valence-electron chi connectivity index (χ1n) is 6.94. The molecule has 0 aliphatic carbocycles. The maximum atomic E-state index is 9.46. The van der Waals surface area contributed by atoms with Crippen molar-refractivity contribution in [2.45, 2.75) is 13.5 Å². The number of nitrogens with one attached hydrogen (secondary N) is 1. The van der Waals surface area contributed by atoms with Crippen molar-refractivity contribution in [3.8, 4) is 17.5 Å². The van der Waals surface area contributed by atoms with Gasteiger partial charge in [0, 0.05) is 6.20 Å². The van der Waals surface area contributed by atoms with Gasteiger partial charge in [0.05, 0.1) is 18.5 Å². The summed E-state index contributed by atoms with van der Waals surface area (Å²) in [5, 5.41) is 12.6. The molecular weight excluding hydrogens is 292 g/mol. The molecule has 0 saturated heterocycles. The molecule has 7 nitrogen and oxygen atoms in total. The molecule has 23 heavy (non-hydrogen) atoms. The van der Waals surface area contributed by atoms with Crippen LogP contribution in [0.5, 0.6) is 0 Å².